The van der Waals surface area contributed by atoms with E-state index in [2.05, 4.69) is 10.6 Å². The molecule has 1 aromatic carbocycles. The van der Waals surface area contributed by atoms with Crippen LogP contribution in [0.4, 0.5) is 10.7 Å². The number of esters is 1. The lowest BCUT2D eigenvalue weighted by molar-refractivity contribution is -0.115. The molecule has 3 rings (SSSR count). The topological polar surface area (TPSA) is 84.5 Å². The standard InChI is InChI=1S/C22H22N2O4S2/c1-12-7-5-9-16(13(12)2)23-20(26)19-14(3)18(22(27)28-4)21(30-19)24-17(25)11-15-8-6-10-29-15/h5-10H,11H2,1-4H3,(H,23,26)(H,24,25). The van der Waals surface area contributed by atoms with E-state index in [0.717, 1.165) is 27.3 Å². The molecule has 0 aliphatic carbocycles. The van der Waals surface area contributed by atoms with Crippen LogP contribution < -0.4 is 10.6 Å². The zero-order valence-electron chi connectivity index (χ0n) is 17.1. The average molecular weight is 443 g/mol. The molecule has 3 aromatic rings. The number of thiophene rings is 2. The first kappa shape index (κ1) is 21.7. The molecule has 0 atom stereocenters. The Labute approximate surface area is 182 Å². The summed E-state index contributed by atoms with van der Waals surface area (Å²) in [6.07, 6.45) is 0.194. The molecule has 0 unspecified atom stereocenters. The number of ether oxygens (including phenoxy) is 1. The van der Waals surface area contributed by atoms with Gasteiger partial charge in [-0.1, -0.05) is 18.2 Å². The Morgan fingerprint density at radius 3 is 2.43 bits per heavy atom. The molecule has 0 saturated heterocycles. The number of carbonyl (C=O) groups is 3. The van der Waals surface area contributed by atoms with Crippen molar-refractivity contribution in [1.29, 1.82) is 0 Å². The zero-order chi connectivity index (χ0) is 21.8. The van der Waals surface area contributed by atoms with Gasteiger partial charge in [-0.2, -0.15) is 0 Å². The molecule has 6 nitrogen and oxygen atoms in total. The predicted molar refractivity (Wildman–Crippen MR) is 121 cm³/mol. The Bertz CT molecular complexity index is 1100. The molecular formula is C22H22N2O4S2. The quantitative estimate of drug-likeness (QED) is 0.529. The largest absolute Gasteiger partial charge is 0.465 e. The van der Waals surface area contributed by atoms with Crippen molar-refractivity contribution in [3.8, 4) is 0 Å². The predicted octanol–water partition coefficient (Wildman–Crippen LogP) is 4.95. The van der Waals surface area contributed by atoms with Crippen molar-refractivity contribution in [2.45, 2.75) is 27.2 Å². The molecular weight excluding hydrogens is 420 g/mol. The third-order valence-electron chi connectivity index (χ3n) is 4.76. The van der Waals surface area contributed by atoms with Crippen molar-refractivity contribution in [3.63, 3.8) is 0 Å². The number of amides is 2. The van der Waals surface area contributed by atoms with Crippen LogP contribution >= 0.6 is 22.7 Å². The number of benzene rings is 1. The van der Waals surface area contributed by atoms with Gasteiger partial charge in [0.15, 0.2) is 0 Å². The van der Waals surface area contributed by atoms with Crippen LogP contribution in [0, 0.1) is 20.8 Å². The smallest absolute Gasteiger partial charge is 0.341 e. The lowest BCUT2D eigenvalue weighted by Gasteiger charge is -2.10. The molecule has 0 spiro atoms. The summed E-state index contributed by atoms with van der Waals surface area (Å²) >= 11 is 2.55. The van der Waals surface area contributed by atoms with E-state index in [0.29, 0.717) is 21.1 Å². The lowest BCUT2D eigenvalue weighted by Crippen LogP contribution is -2.15. The Morgan fingerprint density at radius 1 is 1.00 bits per heavy atom. The molecule has 2 aromatic heterocycles. The third kappa shape index (κ3) is 4.60. The maximum Gasteiger partial charge on any atom is 0.341 e. The summed E-state index contributed by atoms with van der Waals surface area (Å²) in [5, 5.41) is 7.88. The SMILES string of the molecule is COC(=O)c1c(NC(=O)Cc2cccs2)sc(C(=O)Nc2cccc(C)c2C)c1C. The molecule has 0 radical (unpaired) electrons. The van der Waals surface area contributed by atoms with Gasteiger partial charge >= 0.3 is 5.97 Å². The molecule has 156 valence electrons. The van der Waals surface area contributed by atoms with E-state index in [4.69, 9.17) is 4.74 Å². The van der Waals surface area contributed by atoms with Crippen LogP contribution in [0.3, 0.4) is 0 Å². The van der Waals surface area contributed by atoms with Gasteiger partial charge in [0.25, 0.3) is 5.91 Å². The van der Waals surface area contributed by atoms with E-state index < -0.39 is 5.97 Å². The fourth-order valence-corrected chi connectivity index (χ4v) is 4.78. The van der Waals surface area contributed by atoms with Crippen LogP contribution in [0.1, 0.15) is 41.6 Å². The summed E-state index contributed by atoms with van der Waals surface area (Å²) in [6, 6.07) is 9.41. The summed E-state index contributed by atoms with van der Waals surface area (Å²) in [7, 11) is 1.27. The third-order valence-corrected chi connectivity index (χ3v) is 6.85. The second kappa shape index (κ2) is 9.23. The van der Waals surface area contributed by atoms with Crippen LogP contribution in [0.25, 0.3) is 0 Å². The van der Waals surface area contributed by atoms with E-state index in [1.807, 2.05) is 49.6 Å². The molecule has 8 heteroatoms. The monoisotopic (exact) mass is 442 g/mol. The highest BCUT2D eigenvalue weighted by atomic mass is 32.1. The minimum atomic E-state index is -0.596. The number of carbonyl (C=O) groups excluding carboxylic acids is 3. The minimum Gasteiger partial charge on any atom is -0.465 e. The first-order valence-corrected chi connectivity index (χ1v) is 10.9. The van der Waals surface area contributed by atoms with Crippen LogP contribution in [0.2, 0.25) is 0 Å². The Kier molecular flexibility index (Phi) is 6.69. The van der Waals surface area contributed by atoms with Gasteiger partial charge in [-0.3, -0.25) is 9.59 Å². The van der Waals surface area contributed by atoms with Gasteiger partial charge in [0.1, 0.15) is 5.00 Å². The molecule has 0 fully saturated rings. The summed E-state index contributed by atoms with van der Waals surface area (Å²) in [5.74, 6) is -1.19. The molecule has 0 bridgehead atoms. The minimum absolute atomic E-state index is 0.194. The van der Waals surface area contributed by atoms with Gasteiger partial charge in [-0.25, -0.2) is 4.79 Å². The number of rotatable bonds is 6. The number of aryl methyl sites for hydroxylation is 1. The average Bonchev–Trinajstić information content (AvgIpc) is 3.32. The van der Waals surface area contributed by atoms with E-state index in [1.54, 1.807) is 6.92 Å². The highest BCUT2D eigenvalue weighted by Crippen LogP contribution is 2.34. The Morgan fingerprint density at radius 2 is 1.77 bits per heavy atom. The zero-order valence-corrected chi connectivity index (χ0v) is 18.8. The molecule has 2 N–H and O–H groups in total. The fourth-order valence-electron chi connectivity index (χ4n) is 2.97. The number of anilines is 2. The van der Waals surface area contributed by atoms with Crippen LogP contribution in [-0.2, 0) is 16.0 Å². The van der Waals surface area contributed by atoms with E-state index in [-0.39, 0.29) is 23.8 Å². The van der Waals surface area contributed by atoms with Crippen LogP contribution in [-0.4, -0.2) is 24.9 Å². The molecule has 0 aliphatic heterocycles. The van der Waals surface area contributed by atoms with Crippen molar-refractivity contribution in [2.75, 3.05) is 17.7 Å². The normalized spacial score (nSPS) is 10.5. The summed E-state index contributed by atoms with van der Waals surface area (Å²) in [4.78, 5) is 39.0. The van der Waals surface area contributed by atoms with E-state index in [1.165, 1.54) is 18.4 Å². The van der Waals surface area contributed by atoms with Crippen molar-refractivity contribution >= 4 is 51.1 Å². The maximum atomic E-state index is 13.0. The summed E-state index contributed by atoms with van der Waals surface area (Å²) in [6.45, 7) is 5.58. The van der Waals surface area contributed by atoms with Gasteiger partial charge < -0.3 is 15.4 Å². The first-order valence-electron chi connectivity index (χ1n) is 9.23. The number of methoxy groups -OCH3 is 1. The number of hydrogen-bond donors (Lipinski definition) is 2. The van der Waals surface area contributed by atoms with E-state index >= 15 is 0 Å². The Hall–Kier alpha value is -2.97. The molecule has 0 saturated carbocycles. The maximum absolute atomic E-state index is 13.0. The number of hydrogen-bond acceptors (Lipinski definition) is 6. The lowest BCUT2D eigenvalue weighted by atomic mass is 10.1. The van der Waals surface area contributed by atoms with Gasteiger partial charge in [-0.05, 0) is 55.0 Å². The van der Waals surface area contributed by atoms with Crippen molar-refractivity contribution in [1.82, 2.24) is 0 Å². The van der Waals surface area contributed by atoms with Crippen LogP contribution in [0.5, 0.6) is 0 Å². The molecule has 0 aliphatic rings. The van der Waals surface area contributed by atoms with Gasteiger partial charge in [0.2, 0.25) is 5.91 Å². The van der Waals surface area contributed by atoms with Crippen molar-refractivity contribution < 1.29 is 19.1 Å². The van der Waals surface area contributed by atoms with Gasteiger partial charge in [-0.15, -0.1) is 22.7 Å². The van der Waals surface area contributed by atoms with Gasteiger partial charge in [0.05, 0.1) is 24.0 Å². The first-order chi connectivity index (χ1) is 14.3. The molecule has 2 amide bonds. The molecule has 30 heavy (non-hydrogen) atoms. The summed E-state index contributed by atoms with van der Waals surface area (Å²) < 4.78 is 4.88. The fraction of sp³-hybridized carbons (Fsp3) is 0.227. The van der Waals surface area contributed by atoms with Crippen molar-refractivity contribution in [3.05, 3.63) is 67.7 Å². The highest BCUT2D eigenvalue weighted by Gasteiger charge is 2.26. The number of nitrogens with one attached hydrogen (secondary N) is 2. The highest BCUT2D eigenvalue weighted by molar-refractivity contribution is 7.19. The van der Waals surface area contributed by atoms with E-state index in [9.17, 15) is 14.4 Å². The Balaban J connectivity index is 1.89. The summed E-state index contributed by atoms with van der Waals surface area (Å²) in [5.41, 5.74) is 3.41. The molecule has 2 heterocycles. The second-order valence-corrected chi connectivity index (χ2v) is 8.81. The van der Waals surface area contributed by atoms with Gasteiger partial charge in [0, 0.05) is 10.6 Å². The van der Waals surface area contributed by atoms with Crippen LogP contribution in [0.15, 0.2) is 35.7 Å². The second-order valence-electron chi connectivity index (χ2n) is 6.76. The van der Waals surface area contributed by atoms with Crippen molar-refractivity contribution in [2.24, 2.45) is 0 Å².